The smallest absolute Gasteiger partial charge is 0.143 e. The van der Waals surface area contributed by atoms with Crippen LogP contribution in [-0.4, -0.2) is 19.9 Å². The quantitative estimate of drug-likeness (QED) is 0.534. The second-order valence-electron chi connectivity index (χ2n) is 2.68. The number of nitrogens with one attached hydrogen (secondary N) is 1. The van der Waals surface area contributed by atoms with Gasteiger partial charge in [0.25, 0.3) is 0 Å². The first kappa shape index (κ1) is 9.54. The lowest BCUT2D eigenvalue weighted by molar-refractivity contribution is -0.556. The van der Waals surface area contributed by atoms with E-state index in [0.717, 1.165) is 5.57 Å². The molecule has 1 aliphatic rings. The second kappa shape index (κ2) is 3.91. The Labute approximate surface area is 77.3 Å². The Morgan fingerprint density at radius 1 is 1.54 bits per heavy atom. The van der Waals surface area contributed by atoms with E-state index in [4.69, 9.17) is 15.9 Å². The lowest BCUT2D eigenvalue weighted by Crippen LogP contribution is -2.73. The van der Waals surface area contributed by atoms with E-state index in [-0.39, 0.29) is 0 Å². The third-order valence-corrected chi connectivity index (χ3v) is 1.75. The molecule has 0 spiro atoms. The maximum absolute atomic E-state index is 7.63. The molecule has 1 rings (SSSR count). The van der Waals surface area contributed by atoms with Gasteiger partial charge in [-0.25, -0.2) is 0 Å². The van der Waals surface area contributed by atoms with Crippen LogP contribution >= 0.6 is 0 Å². The van der Waals surface area contributed by atoms with Crippen LogP contribution in [0.3, 0.4) is 0 Å². The van der Waals surface area contributed by atoms with Crippen LogP contribution in [0.2, 0.25) is 0 Å². The molecule has 0 amide bonds. The number of hydrogen-bond acceptors (Lipinski definition) is 3. The number of rotatable bonds is 2. The highest BCUT2D eigenvalue weighted by Crippen LogP contribution is 2.15. The van der Waals surface area contributed by atoms with Gasteiger partial charge in [-0.05, 0) is 6.08 Å². The largest absolute Gasteiger partial charge is 0.495 e. The zero-order chi connectivity index (χ0) is 9.84. The van der Waals surface area contributed by atoms with E-state index in [1.165, 1.54) is 0 Å². The van der Waals surface area contributed by atoms with Crippen LogP contribution in [-0.2, 0) is 4.74 Å². The summed E-state index contributed by atoms with van der Waals surface area (Å²) in [7, 11) is 3.44. The van der Waals surface area contributed by atoms with Crippen molar-refractivity contribution in [3.05, 3.63) is 35.4 Å². The van der Waals surface area contributed by atoms with E-state index < -0.39 is 0 Å². The van der Waals surface area contributed by atoms with E-state index in [9.17, 15) is 0 Å². The van der Waals surface area contributed by atoms with Gasteiger partial charge in [-0.2, -0.15) is 0 Å². The van der Waals surface area contributed by atoms with Crippen LogP contribution in [0, 0.1) is 5.41 Å². The molecule has 1 aliphatic carbocycles. The van der Waals surface area contributed by atoms with E-state index in [2.05, 4.69) is 0 Å². The lowest BCUT2D eigenvalue weighted by Gasteiger charge is -2.12. The molecule has 13 heavy (non-hydrogen) atoms. The zero-order valence-corrected chi connectivity index (χ0v) is 7.79. The standard InChI is InChI=1S/C9H13N3O/c1-12-5-6-3-8(11)9(13-2)4-7(6)10/h3-5,10,12H,11H2,1-2H3/p+1/b6-5-,10-7?. The van der Waals surface area contributed by atoms with Crippen LogP contribution in [0.4, 0.5) is 0 Å². The van der Waals surface area contributed by atoms with Crippen molar-refractivity contribution < 1.29 is 10.1 Å². The fourth-order valence-electron chi connectivity index (χ4n) is 1.11. The molecule has 0 aromatic carbocycles. The fraction of sp³-hybridized carbons (Fsp3) is 0.222. The molecule has 0 aromatic rings. The number of allylic oxidation sites excluding steroid dienone is 3. The lowest BCUT2D eigenvalue weighted by atomic mass is 10.0. The zero-order valence-electron chi connectivity index (χ0n) is 7.79. The fourth-order valence-corrected chi connectivity index (χ4v) is 1.11. The molecule has 0 atom stereocenters. The van der Waals surface area contributed by atoms with Crippen molar-refractivity contribution in [2.24, 2.45) is 5.73 Å². The van der Waals surface area contributed by atoms with Crippen molar-refractivity contribution in [3.63, 3.8) is 0 Å². The normalized spacial score (nSPS) is 19.8. The molecule has 0 bridgehead atoms. The molecule has 0 radical (unpaired) electrons. The van der Waals surface area contributed by atoms with Gasteiger partial charge in [0.15, 0.2) is 0 Å². The number of ether oxygens (including phenoxy) is 1. The number of nitrogens with two attached hydrogens (primary N) is 2. The summed E-state index contributed by atoms with van der Waals surface area (Å²) < 4.78 is 4.99. The third-order valence-electron chi connectivity index (χ3n) is 1.75. The first-order valence-electron chi connectivity index (χ1n) is 4.01. The summed E-state index contributed by atoms with van der Waals surface area (Å²) in [6.07, 6.45) is 5.20. The Balaban J connectivity index is 2.98. The summed E-state index contributed by atoms with van der Waals surface area (Å²) in [5.74, 6) is 0.554. The summed E-state index contributed by atoms with van der Waals surface area (Å²) in [6.45, 7) is 0. The SMILES string of the molecule is C[NH2+]/C=C1/C=C(N)C(OC)=CC1=N. The minimum Gasteiger partial charge on any atom is -0.495 e. The van der Waals surface area contributed by atoms with Crippen LogP contribution < -0.4 is 11.1 Å². The molecule has 0 fully saturated rings. The number of methoxy groups -OCH3 is 1. The minimum atomic E-state index is 0.421. The summed E-state index contributed by atoms with van der Waals surface area (Å²) in [6, 6.07) is 0. The average Bonchev–Trinajstić information content (AvgIpc) is 2.11. The van der Waals surface area contributed by atoms with Crippen molar-refractivity contribution in [2.45, 2.75) is 0 Å². The van der Waals surface area contributed by atoms with Crippen molar-refractivity contribution in [1.29, 1.82) is 5.41 Å². The Bertz CT molecular complexity index is 313. The Kier molecular flexibility index (Phi) is 2.87. The van der Waals surface area contributed by atoms with Crippen molar-refractivity contribution >= 4 is 5.71 Å². The topological polar surface area (TPSA) is 75.7 Å². The molecule has 0 saturated carbocycles. The van der Waals surface area contributed by atoms with Crippen molar-refractivity contribution in [1.82, 2.24) is 0 Å². The maximum Gasteiger partial charge on any atom is 0.143 e. The highest BCUT2D eigenvalue weighted by molar-refractivity contribution is 6.09. The van der Waals surface area contributed by atoms with E-state index >= 15 is 0 Å². The summed E-state index contributed by atoms with van der Waals surface area (Å²) in [4.78, 5) is 0. The average molecular weight is 180 g/mol. The molecule has 0 heterocycles. The molecule has 4 nitrogen and oxygen atoms in total. The van der Waals surface area contributed by atoms with Gasteiger partial charge in [0.05, 0.1) is 31.1 Å². The monoisotopic (exact) mass is 180 g/mol. The summed E-state index contributed by atoms with van der Waals surface area (Å²) in [5.41, 5.74) is 7.48. The van der Waals surface area contributed by atoms with Gasteiger partial charge in [0.2, 0.25) is 0 Å². The second-order valence-corrected chi connectivity index (χ2v) is 2.68. The Hall–Kier alpha value is -1.55. The third kappa shape index (κ3) is 1.97. The predicted octanol–water partition coefficient (Wildman–Crippen LogP) is -0.530. The highest BCUT2D eigenvalue weighted by Gasteiger charge is 2.13. The van der Waals surface area contributed by atoms with Gasteiger partial charge in [-0.15, -0.1) is 0 Å². The molecule has 0 aliphatic heterocycles. The van der Waals surface area contributed by atoms with E-state index in [0.29, 0.717) is 17.2 Å². The first-order chi connectivity index (χ1) is 6.19. The first-order valence-corrected chi connectivity index (χ1v) is 4.01. The molecule has 5 N–H and O–H groups in total. The molecule has 0 unspecified atom stereocenters. The number of hydrogen-bond donors (Lipinski definition) is 3. The molecule has 70 valence electrons. The van der Waals surface area contributed by atoms with Gasteiger partial charge in [-0.3, -0.25) is 5.41 Å². The van der Waals surface area contributed by atoms with E-state index in [1.54, 1.807) is 19.3 Å². The van der Waals surface area contributed by atoms with Gasteiger partial charge in [-0.1, -0.05) is 0 Å². The van der Waals surface area contributed by atoms with Gasteiger partial charge < -0.3 is 15.8 Å². The number of quaternary nitrogens is 1. The summed E-state index contributed by atoms with van der Waals surface area (Å²) >= 11 is 0. The molecule has 0 aromatic heterocycles. The Morgan fingerprint density at radius 2 is 2.23 bits per heavy atom. The van der Waals surface area contributed by atoms with Gasteiger partial charge in [0.1, 0.15) is 12.0 Å². The van der Waals surface area contributed by atoms with Gasteiger partial charge >= 0.3 is 0 Å². The maximum atomic E-state index is 7.63. The van der Waals surface area contributed by atoms with Crippen molar-refractivity contribution in [3.8, 4) is 0 Å². The summed E-state index contributed by atoms with van der Waals surface area (Å²) in [5, 5.41) is 9.50. The van der Waals surface area contributed by atoms with Crippen LogP contribution in [0.15, 0.2) is 35.4 Å². The highest BCUT2D eigenvalue weighted by atomic mass is 16.5. The van der Waals surface area contributed by atoms with Crippen LogP contribution in [0.25, 0.3) is 0 Å². The Morgan fingerprint density at radius 3 is 2.77 bits per heavy atom. The molecule has 0 saturated heterocycles. The van der Waals surface area contributed by atoms with Gasteiger partial charge in [0, 0.05) is 6.08 Å². The molecular weight excluding hydrogens is 166 g/mol. The van der Waals surface area contributed by atoms with E-state index in [1.807, 2.05) is 18.6 Å². The predicted molar refractivity (Wildman–Crippen MR) is 51.0 cm³/mol. The van der Waals surface area contributed by atoms with Crippen molar-refractivity contribution in [2.75, 3.05) is 14.2 Å². The van der Waals surface area contributed by atoms with Crippen LogP contribution in [0.1, 0.15) is 0 Å². The minimum absolute atomic E-state index is 0.421. The molecular formula is C9H14N3O+. The molecule has 4 heteroatoms. The van der Waals surface area contributed by atoms with Crippen LogP contribution in [0.5, 0.6) is 0 Å².